The molecule has 6 N–H and O–H groups in total. The van der Waals surface area contributed by atoms with Crippen LogP contribution in [0, 0.1) is 11.8 Å². The van der Waals surface area contributed by atoms with E-state index in [-0.39, 0.29) is 18.3 Å². The Labute approximate surface area is 200 Å². The Bertz CT molecular complexity index is 843. The summed E-state index contributed by atoms with van der Waals surface area (Å²) in [5, 5.41) is 14.9. The van der Waals surface area contributed by atoms with E-state index in [0.29, 0.717) is 37.9 Å². The molecule has 11 heteroatoms. The maximum Gasteiger partial charge on any atom is 0.326 e. The molecule has 0 aliphatic carbocycles. The van der Waals surface area contributed by atoms with Gasteiger partial charge in [-0.25, -0.2) is 9.78 Å². The number of nitrogens with one attached hydrogen (secondary N) is 3. The molecule has 1 aromatic heterocycles. The summed E-state index contributed by atoms with van der Waals surface area (Å²) in [7, 11) is 0. The molecule has 2 rings (SSSR count). The van der Waals surface area contributed by atoms with Crippen LogP contribution >= 0.6 is 0 Å². The van der Waals surface area contributed by atoms with Gasteiger partial charge < -0.3 is 31.4 Å². The van der Waals surface area contributed by atoms with Crippen molar-refractivity contribution in [1.29, 1.82) is 0 Å². The summed E-state index contributed by atoms with van der Waals surface area (Å²) in [5.74, 6) is -2.50. The number of carboxylic acid groups (broad SMARTS) is 1. The second kappa shape index (κ2) is 12.5. The summed E-state index contributed by atoms with van der Waals surface area (Å²) in [6.07, 6.45) is 5.28. The van der Waals surface area contributed by atoms with Crippen molar-refractivity contribution in [3.05, 3.63) is 18.2 Å². The third-order valence-electron chi connectivity index (χ3n) is 6.27. The highest BCUT2D eigenvalue weighted by Crippen LogP contribution is 2.21. The molecule has 1 saturated heterocycles. The molecule has 0 aromatic carbocycles. The maximum atomic E-state index is 13.5. The van der Waals surface area contributed by atoms with Gasteiger partial charge in [-0.2, -0.15) is 0 Å². The number of aliphatic carboxylic acids is 1. The molecule has 5 unspecified atom stereocenters. The van der Waals surface area contributed by atoms with Crippen LogP contribution in [0.5, 0.6) is 0 Å². The fourth-order valence-electron chi connectivity index (χ4n) is 4.15. The van der Waals surface area contributed by atoms with Crippen molar-refractivity contribution in [3.63, 3.8) is 0 Å². The van der Waals surface area contributed by atoms with Crippen LogP contribution in [-0.2, 0) is 25.6 Å². The van der Waals surface area contributed by atoms with E-state index in [1.165, 1.54) is 11.2 Å². The van der Waals surface area contributed by atoms with Gasteiger partial charge in [-0.05, 0) is 31.1 Å². The van der Waals surface area contributed by atoms with Crippen molar-refractivity contribution in [3.8, 4) is 0 Å². The van der Waals surface area contributed by atoms with Crippen molar-refractivity contribution in [2.24, 2.45) is 17.6 Å². The summed E-state index contributed by atoms with van der Waals surface area (Å²) >= 11 is 0. The molecule has 1 aliphatic heterocycles. The van der Waals surface area contributed by atoms with Crippen molar-refractivity contribution in [1.82, 2.24) is 25.5 Å². The molecule has 34 heavy (non-hydrogen) atoms. The number of aromatic nitrogens is 2. The van der Waals surface area contributed by atoms with Crippen molar-refractivity contribution in [2.75, 3.05) is 6.54 Å². The second-order valence-electron chi connectivity index (χ2n) is 9.48. The number of carboxylic acids is 1. The fourth-order valence-corrected chi connectivity index (χ4v) is 4.15. The van der Waals surface area contributed by atoms with E-state index in [1.54, 1.807) is 13.1 Å². The highest BCUT2D eigenvalue weighted by atomic mass is 16.4. The van der Waals surface area contributed by atoms with Gasteiger partial charge in [0.1, 0.15) is 18.1 Å². The molecule has 0 saturated carbocycles. The standard InChI is InChI=1S/C23H38N6O5/c1-5-14(4)19(23(33)34)28-21(31)18-7-6-8-29(18)22(32)17(10-15-11-25-12-26-15)27-20(30)16(24)9-13(2)3/h11-14,16-19H,5-10,24H2,1-4H3,(H,25,26)(H,27,30)(H,28,31)(H,33,34). The monoisotopic (exact) mass is 478 g/mol. The van der Waals surface area contributed by atoms with Gasteiger partial charge in [0, 0.05) is 24.9 Å². The summed E-state index contributed by atoms with van der Waals surface area (Å²) in [6, 6.07) is -3.54. The van der Waals surface area contributed by atoms with E-state index < -0.39 is 47.9 Å². The lowest BCUT2D eigenvalue weighted by Crippen LogP contribution is -2.58. The van der Waals surface area contributed by atoms with Gasteiger partial charge >= 0.3 is 5.97 Å². The number of aromatic amines is 1. The summed E-state index contributed by atoms with van der Waals surface area (Å²) in [4.78, 5) is 59.2. The Hall–Kier alpha value is -2.95. The normalized spacial score (nSPS) is 19.4. The molecular weight excluding hydrogens is 440 g/mol. The van der Waals surface area contributed by atoms with Crippen LogP contribution in [0.2, 0.25) is 0 Å². The lowest BCUT2D eigenvalue weighted by molar-refractivity contribution is -0.146. The summed E-state index contributed by atoms with van der Waals surface area (Å²) < 4.78 is 0. The van der Waals surface area contributed by atoms with Gasteiger partial charge in [0.2, 0.25) is 17.7 Å². The first kappa shape index (κ1) is 27.3. The average Bonchev–Trinajstić information content (AvgIpc) is 3.47. The van der Waals surface area contributed by atoms with Crippen LogP contribution in [-0.4, -0.2) is 74.4 Å². The topological polar surface area (TPSA) is 171 Å². The summed E-state index contributed by atoms with van der Waals surface area (Å²) in [5.41, 5.74) is 6.67. The van der Waals surface area contributed by atoms with Crippen molar-refractivity contribution in [2.45, 2.75) is 84.0 Å². The molecule has 5 atom stereocenters. The zero-order chi connectivity index (χ0) is 25.4. The SMILES string of the molecule is CCC(C)C(NC(=O)C1CCCN1C(=O)C(Cc1cnc[nH]1)NC(=O)C(N)CC(C)C)C(=O)O. The van der Waals surface area contributed by atoms with Gasteiger partial charge in [0.05, 0.1) is 12.4 Å². The third kappa shape index (κ3) is 7.28. The lowest BCUT2D eigenvalue weighted by Gasteiger charge is -2.30. The van der Waals surface area contributed by atoms with Gasteiger partial charge in [-0.15, -0.1) is 0 Å². The number of nitrogens with zero attached hydrogens (tertiary/aromatic N) is 2. The number of imidazole rings is 1. The number of hydrogen-bond donors (Lipinski definition) is 5. The van der Waals surface area contributed by atoms with E-state index in [9.17, 15) is 24.3 Å². The number of hydrogen-bond acceptors (Lipinski definition) is 6. The average molecular weight is 479 g/mol. The Balaban J connectivity index is 2.18. The Morgan fingerprint density at radius 3 is 2.53 bits per heavy atom. The molecule has 0 bridgehead atoms. The first-order valence-electron chi connectivity index (χ1n) is 11.9. The number of carbonyl (C=O) groups excluding carboxylic acids is 3. The van der Waals surface area contributed by atoms with Gasteiger partial charge in [-0.1, -0.05) is 34.1 Å². The predicted molar refractivity (Wildman–Crippen MR) is 125 cm³/mol. The van der Waals surface area contributed by atoms with Gasteiger partial charge in [-0.3, -0.25) is 14.4 Å². The molecule has 190 valence electrons. The quantitative estimate of drug-likeness (QED) is 0.290. The molecule has 3 amide bonds. The van der Waals surface area contributed by atoms with E-state index >= 15 is 0 Å². The largest absolute Gasteiger partial charge is 0.480 e. The summed E-state index contributed by atoms with van der Waals surface area (Å²) in [6.45, 7) is 7.86. The maximum absolute atomic E-state index is 13.5. The lowest BCUT2D eigenvalue weighted by atomic mass is 9.98. The number of nitrogens with two attached hydrogens (primary N) is 1. The molecule has 0 radical (unpaired) electrons. The zero-order valence-electron chi connectivity index (χ0n) is 20.4. The molecule has 1 fully saturated rings. The number of likely N-dealkylation sites (tertiary alicyclic amines) is 1. The first-order valence-corrected chi connectivity index (χ1v) is 11.9. The molecule has 2 heterocycles. The van der Waals surface area contributed by atoms with E-state index in [1.807, 2.05) is 20.8 Å². The van der Waals surface area contributed by atoms with Crippen LogP contribution in [0.25, 0.3) is 0 Å². The minimum Gasteiger partial charge on any atom is -0.480 e. The van der Waals surface area contributed by atoms with Gasteiger partial charge in [0.15, 0.2) is 0 Å². The van der Waals surface area contributed by atoms with Crippen LogP contribution in [0.3, 0.4) is 0 Å². The zero-order valence-corrected chi connectivity index (χ0v) is 20.4. The third-order valence-corrected chi connectivity index (χ3v) is 6.27. The highest BCUT2D eigenvalue weighted by molar-refractivity contribution is 5.94. The van der Waals surface area contributed by atoms with Crippen LogP contribution in [0.15, 0.2) is 12.5 Å². The van der Waals surface area contributed by atoms with E-state index in [4.69, 9.17) is 5.73 Å². The first-order chi connectivity index (χ1) is 16.0. The smallest absolute Gasteiger partial charge is 0.326 e. The van der Waals surface area contributed by atoms with Gasteiger partial charge in [0.25, 0.3) is 0 Å². The fraction of sp³-hybridized carbons (Fsp3) is 0.696. The van der Waals surface area contributed by atoms with Crippen LogP contribution in [0.1, 0.15) is 59.1 Å². The number of H-pyrrole nitrogens is 1. The van der Waals surface area contributed by atoms with Crippen molar-refractivity contribution >= 4 is 23.7 Å². The number of amides is 3. The van der Waals surface area contributed by atoms with E-state index in [2.05, 4.69) is 20.6 Å². The molecule has 1 aromatic rings. The Morgan fingerprint density at radius 1 is 1.26 bits per heavy atom. The minimum atomic E-state index is -1.11. The number of rotatable bonds is 12. The van der Waals surface area contributed by atoms with Crippen LogP contribution < -0.4 is 16.4 Å². The van der Waals surface area contributed by atoms with E-state index in [0.717, 1.165) is 0 Å². The second-order valence-corrected chi connectivity index (χ2v) is 9.48. The Kier molecular flexibility index (Phi) is 10.0. The minimum absolute atomic E-state index is 0.161. The number of carbonyl (C=O) groups is 4. The molecule has 0 spiro atoms. The molecular formula is C23H38N6O5. The van der Waals surface area contributed by atoms with Crippen LogP contribution in [0.4, 0.5) is 0 Å². The molecule has 1 aliphatic rings. The highest BCUT2D eigenvalue weighted by Gasteiger charge is 2.39. The predicted octanol–water partition coefficient (Wildman–Crippen LogP) is 0.417. The van der Waals surface area contributed by atoms with Crippen molar-refractivity contribution < 1.29 is 24.3 Å². The Morgan fingerprint density at radius 2 is 1.97 bits per heavy atom. The molecule has 11 nitrogen and oxygen atoms in total.